The molecule has 4 rings (SSSR count). The first-order valence-corrected chi connectivity index (χ1v) is 9.40. The number of nitro groups is 1. The minimum atomic E-state index is -0.543. The number of para-hydroxylation sites is 1. The van der Waals surface area contributed by atoms with Crippen molar-refractivity contribution in [3.05, 3.63) is 81.4 Å². The van der Waals surface area contributed by atoms with Gasteiger partial charge in [0.05, 0.1) is 15.6 Å². The predicted octanol–water partition coefficient (Wildman–Crippen LogP) is 5.02. The molecule has 0 bridgehead atoms. The van der Waals surface area contributed by atoms with E-state index in [1.165, 1.54) is 18.2 Å². The Kier molecular flexibility index (Phi) is 5.40. The van der Waals surface area contributed by atoms with Crippen LogP contribution >= 0.6 is 11.6 Å². The van der Waals surface area contributed by atoms with Crippen molar-refractivity contribution in [2.45, 2.75) is 0 Å². The van der Waals surface area contributed by atoms with Gasteiger partial charge in [0, 0.05) is 29.4 Å². The Balaban J connectivity index is 1.58. The molecule has 0 radical (unpaired) electrons. The predicted molar refractivity (Wildman–Crippen MR) is 113 cm³/mol. The Hall–Kier alpha value is -3.78. The average molecular weight is 426 g/mol. The molecule has 30 heavy (non-hydrogen) atoms. The maximum absolute atomic E-state index is 12.7. The van der Waals surface area contributed by atoms with Crippen molar-refractivity contribution in [3.8, 4) is 11.5 Å². The molecule has 0 aromatic heterocycles. The summed E-state index contributed by atoms with van der Waals surface area (Å²) in [7, 11) is 0. The summed E-state index contributed by atoms with van der Waals surface area (Å²) < 4.78 is 10.9. The molecular formula is C21H16ClN3O5. The summed E-state index contributed by atoms with van der Waals surface area (Å²) in [6.07, 6.45) is 0. The number of amides is 1. The van der Waals surface area contributed by atoms with Crippen LogP contribution in [0.4, 0.5) is 22.7 Å². The first-order chi connectivity index (χ1) is 14.5. The van der Waals surface area contributed by atoms with E-state index in [1.54, 1.807) is 24.3 Å². The fourth-order valence-electron chi connectivity index (χ4n) is 2.96. The van der Waals surface area contributed by atoms with Gasteiger partial charge in [-0.25, -0.2) is 0 Å². The molecule has 2 N–H and O–H groups in total. The molecule has 0 spiro atoms. The summed E-state index contributed by atoms with van der Waals surface area (Å²) in [6, 6.07) is 16.4. The van der Waals surface area contributed by atoms with E-state index in [4.69, 9.17) is 21.1 Å². The number of carbonyl (C=O) groups is 1. The normalized spacial score (nSPS) is 12.2. The van der Waals surface area contributed by atoms with E-state index in [0.29, 0.717) is 36.1 Å². The van der Waals surface area contributed by atoms with E-state index in [9.17, 15) is 14.9 Å². The van der Waals surface area contributed by atoms with Gasteiger partial charge in [0.25, 0.3) is 11.6 Å². The summed E-state index contributed by atoms with van der Waals surface area (Å²) in [5.74, 6) is 0.425. The van der Waals surface area contributed by atoms with Crippen molar-refractivity contribution in [3.63, 3.8) is 0 Å². The van der Waals surface area contributed by atoms with Crippen LogP contribution in [0.25, 0.3) is 0 Å². The standard InChI is InChI=1S/C21H16ClN3O5/c22-15-11-19-20(30-9-8-29-19)12-17(15)24-21(26)13-6-7-16(18(10-13)25(27)28)23-14-4-2-1-3-5-14/h1-7,10-12,23H,8-9H2,(H,24,26). The fourth-order valence-corrected chi connectivity index (χ4v) is 3.16. The van der Waals surface area contributed by atoms with Crippen molar-refractivity contribution in [1.29, 1.82) is 0 Å². The number of nitrogens with one attached hydrogen (secondary N) is 2. The van der Waals surface area contributed by atoms with Crippen LogP contribution in [0.5, 0.6) is 11.5 Å². The van der Waals surface area contributed by atoms with Crippen molar-refractivity contribution in [1.82, 2.24) is 0 Å². The highest BCUT2D eigenvalue weighted by molar-refractivity contribution is 6.34. The SMILES string of the molecule is O=C(Nc1cc2c(cc1Cl)OCCO2)c1ccc(Nc2ccccc2)c([N+](=O)[O-])c1. The number of hydrogen-bond donors (Lipinski definition) is 2. The van der Waals surface area contributed by atoms with E-state index >= 15 is 0 Å². The van der Waals surface area contributed by atoms with Crippen molar-refractivity contribution < 1.29 is 19.2 Å². The third-order valence-corrected chi connectivity index (χ3v) is 4.70. The molecule has 3 aromatic carbocycles. The molecular weight excluding hydrogens is 410 g/mol. The number of benzene rings is 3. The van der Waals surface area contributed by atoms with Gasteiger partial charge in [0.2, 0.25) is 0 Å². The summed E-state index contributed by atoms with van der Waals surface area (Å²) >= 11 is 6.22. The first kappa shape index (κ1) is 19.5. The highest BCUT2D eigenvalue weighted by atomic mass is 35.5. The number of ether oxygens (including phenoxy) is 2. The zero-order valence-electron chi connectivity index (χ0n) is 15.6. The molecule has 9 heteroatoms. The second-order valence-electron chi connectivity index (χ2n) is 6.41. The van der Waals surface area contributed by atoms with E-state index in [-0.39, 0.29) is 22.0 Å². The average Bonchev–Trinajstić information content (AvgIpc) is 2.75. The van der Waals surface area contributed by atoms with Crippen LogP contribution in [0, 0.1) is 10.1 Å². The van der Waals surface area contributed by atoms with Crippen molar-refractivity contribution in [2.24, 2.45) is 0 Å². The zero-order chi connectivity index (χ0) is 21.1. The third kappa shape index (κ3) is 4.13. The quantitative estimate of drug-likeness (QED) is 0.439. The maximum Gasteiger partial charge on any atom is 0.293 e. The largest absolute Gasteiger partial charge is 0.486 e. The maximum atomic E-state index is 12.7. The Bertz CT molecular complexity index is 1120. The molecule has 0 saturated heterocycles. The van der Waals surface area contributed by atoms with Gasteiger partial charge in [0.1, 0.15) is 18.9 Å². The molecule has 8 nitrogen and oxygen atoms in total. The number of nitro benzene ring substituents is 1. The highest BCUT2D eigenvalue weighted by Crippen LogP contribution is 2.38. The zero-order valence-corrected chi connectivity index (χ0v) is 16.3. The van der Waals surface area contributed by atoms with E-state index in [0.717, 1.165) is 0 Å². The van der Waals surface area contributed by atoms with Gasteiger partial charge in [-0.1, -0.05) is 29.8 Å². The number of anilines is 3. The highest BCUT2D eigenvalue weighted by Gasteiger charge is 2.20. The number of hydrogen-bond acceptors (Lipinski definition) is 6. The van der Waals surface area contributed by atoms with Crippen LogP contribution in [0.1, 0.15) is 10.4 Å². The molecule has 0 unspecified atom stereocenters. The summed E-state index contributed by atoms with van der Waals surface area (Å²) in [4.78, 5) is 23.7. The second-order valence-corrected chi connectivity index (χ2v) is 6.82. The van der Waals surface area contributed by atoms with Gasteiger partial charge in [-0.3, -0.25) is 14.9 Å². The number of rotatable bonds is 5. The first-order valence-electron chi connectivity index (χ1n) is 9.02. The van der Waals surface area contributed by atoms with Crippen LogP contribution in [0.15, 0.2) is 60.7 Å². The Morgan fingerprint density at radius 3 is 2.37 bits per heavy atom. The lowest BCUT2D eigenvalue weighted by atomic mass is 10.1. The summed E-state index contributed by atoms with van der Waals surface area (Å²) in [6.45, 7) is 0.812. The number of fused-ring (bicyclic) bond motifs is 1. The molecule has 0 saturated carbocycles. The van der Waals surface area contributed by atoms with Crippen LogP contribution in [-0.2, 0) is 0 Å². The second kappa shape index (κ2) is 8.30. The molecule has 1 heterocycles. The lowest BCUT2D eigenvalue weighted by molar-refractivity contribution is -0.383. The van der Waals surface area contributed by atoms with Crippen LogP contribution in [0.3, 0.4) is 0 Å². The molecule has 1 aliphatic rings. The Labute approximate surface area is 176 Å². The third-order valence-electron chi connectivity index (χ3n) is 4.39. The lowest BCUT2D eigenvalue weighted by Gasteiger charge is -2.20. The van der Waals surface area contributed by atoms with Gasteiger partial charge in [-0.05, 0) is 24.3 Å². The number of halogens is 1. The van der Waals surface area contributed by atoms with Gasteiger partial charge >= 0.3 is 0 Å². The lowest BCUT2D eigenvalue weighted by Crippen LogP contribution is -2.17. The van der Waals surface area contributed by atoms with Crippen LogP contribution in [0.2, 0.25) is 5.02 Å². The molecule has 0 fully saturated rings. The molecule has 1 aliphatic heterocycles. The van der Waals surface area contributed by atoms with E-state index < -0.39 is 10.8 Å². The molecule has 1 amide bonds. The summed E-state index contributed by atoms with van der Waals surface area (Å²) in [5, 5.41) is 17.5. The monoisotopic (exact) mass is 425 g/mol. The van der Waals surface area contributed by atoms with E-state index in [2.05, 4.69) is 10.6 Å². The minimum absolute atomic E-state index is 0.117. The number of carbonyl (C=O) groups excluding carboxylic acids is 1. The minimum Gasteiger partial charge on any atom is -0.486 e. The Morgan fingerprint density at radius 2 is 1.67 bits per heavy atom. The molecule has 152 valence electrons. The van der Waals surface area contributed by atoms with Gasteiger partial charge < -0.3 is 20.1 Å². The topological polar surface area (TPSA) is 103 Å². The summed E-state index contributed by atoms with van der Waals surface area (Å²) in [5.41, 5.74) is 1.19. The van der Waals surface area contributed by atoms with Crippen molar-refractivity contribution in [2.75, 3.05) is 23.8 Å². The molecule has 0 aliphatic carbocycles. The molecule has 0 atom stereocenters. The number of nitrogens with zero attached hydrogens (tertiary/aromatic N) is 1. The van der Waals surface area contributed by atoms with Crippen LogP contribution in [-0.4, -0.2) is 24.0 Å². The fraction of sp³-hybridized carbons (Fsp3) is 0.0952. The van der Waals surface area contributed by atoms with Gasteiger partial charge in [-0.15, -0.1) is 0 Å². The van der Waals surface area contributed by atoms with E-state index in [1.807, 2.05) is 18.2 Å². The van der Waals surface area contributed by atoms with Crippen molar-refractivity contribution >= 4 is 40.3 Å². The molecule has 3 aromatic rings. The smallest absolute Gasteiger partial charge is 0.293 e. The van der Waals surface area contributed by atoms with Gasteiger partial charge in [-0.2, -0.15) is 0 Å². The Morgan fingerprint density at radius 1 is 0.967 bits per heavy atom. The van der Waals surface area contributed by atoms with Crippen LogP contribution < -0.4 is 20.1 Å². The van der Waals surface area contributed by atoms with Gasteiger partial charge in [0.15, 0.2) is 11.5 Å².